The van der Waals surface area contributed by atoms with Crippen LogP contribution < -0.4 is 39.4 Å². The molecular weight excluding hydrogens is 423 g/mol. The molecule has 1 N–H and O–H groups in total. The Balaban J connectivity index is 0.00000480. The number of rotatable bonds is 14. The molecule has 0 spiro atoms. The van der Waals surface area contributed by atoms with Gasteiger partial charge in [0, 0.05) is 0 Å². The minimum Gasteiger partial charge on any atom is -0.871 e. The van der Waals surface area contributed by atoms with E-state index >= 15 is 0 Å². The fourth-order valence-corrected chi connectivity index (χ4v) is 4.13. The molecule has 2 aromatic rings. The molecule has 0 unspecified atom stereocenters. The number of benzene rings is 2. The Hall–Kier alpha value is -1.05. The number of unbranched alkanes of at least 4 members (excludes halogenated alkanes) is 9. The van der Waals surface area contributed by atoms with Crippen LogP contribution in [0.1, 0.15) is 76.7 Å². The quantitative estimate of drug-likeness (QED) is 0.268. The molecule has 7 heteroatoms. The van der Waals surface area contributed by atoms with E-state index in [2.05, 4.69) is 6.92 Å². The Morgan fingerprint density at radius 1 is 0.839 bits per heavy atom. The number of ether oxygens (including phenoxy) is 1. The molecule has 5 nitrogen and oxygen atoms in total. The van der Waals surface area contributed by atoms with Gasteiger partial charge in [0.1, 0.15) is 11.5 Å². The molecule has 31 heavy (non-hydrogen) atoms. The minimum atomic E-state index is -4.57. The number of hydrogen-bond donors (Lipinski definition) is 1. The van der Waals surface area contributed by atoms with Gasteiger partial charge in [0.2, 0.25) is 0 Å². The first-order valence-electron chi connectivity index (χ1n) is 11.0. The Bertz CT molecular complexity index is 869. The van der Waals surface area contributed by atoms with E-state index < -0.39 is 20.8 Å². The van der Waals surface area contributed by atoms with Crippen LogP contribution in [-0.4, -0.2) is 13.0 Å². The largest absolute Gasteiger partial charge is 1.00 e. The van der Waals surface area contributed by atoms with E-state index in [1.807, 2.05) is 18.2 Å². The molecule has 0 aliphatic rings. The zero-order valence-corrected chi connectivity index (χ0v) is 21.6. The van der Waals surface area contributed by atoms with Gasteiger partial charge in [-0.05, 0) is 42.7 Å². The van der Waals surface area contributed by atoms with Crippen LogP contribution in [0.5, 0.6) is 17.2 Å². The molecule has 0 aliphatic heterocycles. The summed E-state index contributed by atoms with van der Waals surface area (Å²) in [5.74, 6) is 0.234. The van der Waals surface area contributed by atoms with Gasteiger partial charge in [0.15, 0.2) is 0 Å². The first-order chi connectivity index (χ1) is 14.4. The molecule has 0 bridgehead atoms. The molecule has 0 aromatic heterocycles. The molecular formula is C24H33NaO5S. The van der Waals surface area contributed by atoms with Gasteiger partial charge in [-0.15, -0.1) is 0 Å². The van der Waals surface area contributed by atoms with Crippen molar-refractivity contribution < 1.29 is 52.4 Å². The fraction of sp³-hybridized carbons (Fsp3) is 0.500. The summed E-state index contributed by atoms with van der Waals surface area (Å²) >= 11 is 0. The van der Waals surface area contributed by atoms with Crippen molar-refractivity contribution in [2.45, 2.75) is 82.4 Å². The van der Waals surface area contributed by atoms with Crippen LogP contribution in [0.15, 0.2) is 47.4 Å². The van der Waals surface area contributed by atoms with E-state index in [0.717, 1.165) is 25.3 Å². The van der Waals surface area contributed by atoms with Crippen molar-refractivity contribution in [3.05, 3.63) is 48.0 Å². The molecule has 166 valence electrons. The van der Waals surface area contributed by atoms with Gasteiger partial charge in [-0.3, -0.25) is 4.55 Å². The Morgan fingerprint density at radius 2 is 1.39 bits per heavy atom. The molecule has 0 atom stereocenters. The van der Waals surface area contributed by atoms with Crippen LogP contribution in [0.3, 0.4) is 0 Å². The van der Waals surface area contributed by atoms with Crippen LogP contribution in [0, 0.1) is 0 Å². The predicted octanol–water partition coefficient (Wildman–Crippen LogP) is 3.27. The van der Waals surface area contributed by atoms with E-state index in [0.29, 0.717) is 23.5 Å². The van der Waals surface area contributed by atoms with Crippen molar-refractivity contribution in [1.82, 2.24) is 0 Å². The van der Waals surface area contributed by atoms with Crippen LogP contribution in [0.25, 0.3) is 0 Å². The average molecular weight is 457 g/mol. The van der Waals surface area contributed by atoms with Crippen molar-refractivity contribution in [1.29, 1.82) is 0 Å². The summed E-state index contributed by atoms with van der Waals surface area (Å²) in [6.45, 7) is 2.22. The van der Waals surface area contributed by atoms with Gasteiger partial charge >= 0.3 is 29.6 Å². The van der Waals surface area contributed by atoms with Gasteiger partial charge in [-0.25, -0.2) is 0 Å². The standard InChI is InChI=1S/C24H34O5S.Na/c1-2-3-4-5-6-7-8-9-10-14-17-21-22(29-20-15-12-11-13-16-20)18-19-23(24(21)25)30(26,27)28;/h11-13,15-16,18-19,25H,2-10,14,17H2,1H3,(H,26,27,28);/q;+1/p-1. The van der Waals surface area contributed by atoms with E-state index in [1.54, 1.807) is 12.1 Å². The molecule has 2 aromatic carbocycles. The van der Waals surface area contributed by atoms with Crippen LogP contribution in [0.2, 0.25) is 0 Å². The smallest absolute Gasteiger partial charge is 0.871 e. The molecule has 0 amide bonds. The van der Waals surface area contributed by atoms with Crippen LogP contribution >= 0.6 is 0 Å². The van der Waals surface area contributed by atoms with Gasteiger partial charge in [0.25, 0.3) is 10.1 Å². The first kappa shape index (κ1) is 28.0. The van der Waals surface area contributed by atoms with E-state index in [4.69, 9.17) is 4.74 Å². The summed E-state index contributed by atoms with van der Waals surface area (Å²) in [6.07, 6.45) is 12.1. The molecule has 0 saturated carbocycles. The zero-order chi connectivity index (χ0) is 21.8. The third-order valence-electron chi connectivity index (χ3n) is 5.21. The molecule has 0 saturated heterocycles. The third-order valence-corrected chi connectivity index (χ3v) is 6.09. The minimum absolute atomic E-state index is 0. The van der Waals surface area contributed by atoms with E-state index in [1.165, 1.54) is 51.0 Å². The summed E-state index contributed by atoms with van der Waals surface area (Å²) < 4.78 is 38.2. The monoisotopic (exact) mass is 456 g/mol. The topological polar surface area (TPSA) is 86.7 Å². The van der Waals surface area contributed by atoms with E-state index in [9.17, 15) is 18.1 Å². The Labute approximate surface area is 209 Å². The van der Waals surface area contributed by atoms with Gasteiger partial charge in [0.05, 0.1) is 4.90 Å². The second-order valence-electron chi connectivity index (χ2n) is 7.69. The summed E-state index contributed by atoms with van der Waals surface area (Å²) in [5, 5.41) is 12.7. The van der Waals surface area contributed by atoms with Crippen LogP contribution in [-0.2, 0) is 16.5 Å². The number of para-hydroxylation sites is 1. The maximum atomic E-state index is 12.7. The second kappa shape index (κ2) is 14.9. The van der Waals surface area contributed by atoms with Crippen molar-refractivity contribution in [2.75, 3.05) is 0 Å². The number of hydrogen-bond acceptors (Lipinski definition) is 4. The normalized spacial score (nSPS) is 11.2. The van der Waals surface area contributed by atoms with Crippen molar-refractivity contribution in [3.63, 3.8) is 0 Å². The first-order valence-corrected chi connectivity index (χ1v) is 12.4. The predicted molar refractivity (Wildman–Crippen MR) is 118 cm³/mol. The Morgan fingerprint density at radius 3 is 1.94 bits per heavy atom. The second-order valence-corrected chi connectivity index (χ2v) is 9.08. The maximum absolute atomic E-state index is 12.7. The van der Waals surface area contributed by atoms with Crippen molar-refractivity contribution in [3.8, 4) is 17.2 Å². The molecule has 0 fully saturated rings. The Kier molecular flexibility index (Phi) is 13.5. The summed E-state index contributed by atoms with van der Waals surface area (Å²) in [4.78, 5) is -0.593. The summed E-state index contributed by atoms with van der Waals surface area (Å²) in [7, 11) is -4.57. The van der Waals surface area contributed by atoms with Gasteiger partial charge in [-0.2, -0.15) is 8.42 Å². The van der Waals surface area contributed by atoms with Gasteiger partial charge in [-0.1, -0.05) is 88.7 Å². The van der Waals surface area contributed by atoms with E-state index in [-0.39, 0.29) is 29.6 Å². The summed E-state index contributed by atoms with van der Waals surface area (Å²) in [6, 6.07) is 11.6. The summed E-state index contributed by atoms with van der Waals surface area (Å²) in [5.41, 5.74) is 0.300. The molecule has 0 radical (unpaired) electrons. The van der Waals surface area contributed by atoms with Crippen LogP contribution in [0.4, 0.5) is 0 Å². The zero-order valence-electron chi connectivity index (χ0n) is 18.8. The fourth-order valence-electron chi connectivity index (χ4n) is 3.53. The third kappa shape index (κ3) is 9.96. The van der Waals surface area contributed by atoms with Crippen molar-refractivity contribution >= 4 is 10.1 Å². The molecule has 0 heterocycles. The van der Waals surface area contributed by atoms with Crippen molar-refractivity contribution in [2.24, 2.45) is 0 Å². The molecule has 0 aliphatic carbocycles. The SMILES string of the molecule is CCCCCCCCCCCCc1c(Oc2ccccc2)ccc(S(=O)(=O)O)c1[O-].[Na+]. The molecule has 2 rings (SSSR count). The van der Waals surface area contributed by atoms with Gasteiger partial charge < -0.3 is 9.84 Å². The maximum Gasteiger partial charge on any atom is 1.00 e. The average Bonchev–Trinajstić information content (AvgIpc) is 2.71.